The van der Waals surface area contributed by atoms with Crippen molar-refractivity contribution in [2.24, 2.45) is 4.99 Å². The minimum absolute atomic E-state index is 0.290. The number of amidine groups is 1. The third-order valence-corrected chi connectivity index (χ3v) is 4.36. The van der Waals surface area contributed by atoms with Gasteiger partial charge in [-0.25, -0.2) is 4.99 Å². The molecule has 1 aliphatic heterocycles. The summed E-state index contributed by atoms with van der Waals surface area (Å²) in [5, 5.41) is 2.80. The first-order valence-corrected chi connectivity index (χ1v) is 8.61. The lowest BCUT2D eigenvalue weighted by Crippen LogP contribution is -2.25. The monoisotopic (exact) mass is 366 g/mol. The normalized spacial score (nSPS) is 14.7. The molecule has 0 fully saturated rings. The molecule has 0 aliphatic carbocycles. The van der Waals surface area contributed by atoms with Crippen molar-refractivity contribution in [1.82, 2.24) is 5.32 Å². The van der Waals surface area contributed by atoms with Crippen molar-refractivity contribution < 1.29 is 19.0 Å². The molecule has 1 aliphatic rings. The van der Waals surface area contributed by atoms with Crippen LogP contribution in [0.3, 0.4) is 0 Å². The van der Waals surface area contributed by atoms with Crippen molar-refractivity contribution in [2.75, 3.05) is 21.3 Å². The number of carbonyl (C=O) groups excluding carboxylic acids is 1. The fourth-order valence-electron chi connectivity index (χ4n) is 2.94. The predicted molar refractivity (Wildman–Crippen MR) is 105 cm³/mol. The Morgan fingerprint density at radius 2 is 1.67 bits per heavy atom. The molecule has 0 spiro atoms. The zero-order valence-corrected chi connectivity index (χ0v) is 15.8. The molecule has 0 saturated heterocycles. The quantitative estimate of drug-likeness (QED) is 0.797. The van der Waals surface area contributed by atoms with E-state index in [1.807, 2.05) is 24.3 Å². The van der Waals surface area contributed by atoms with Crippen LogP contribution in [0.2, 0.25) is 0 Å². The molecule has 2 aromatic rings. The average molecular weight is 366 g/mol. The summed E-state index contributed by atoms with van der Waals surface area (Å²) in [7, 11) is 4.73. The first-order chi connectivity index (χ1) is 13.1. The third-order valence-electron chi connectivity index (χ3n) is 4.36. The van der Waals surface area contributed by atoms with E-state index in [1.54, 1.807) is 39.5 Å². The van der Waals surface area contributed by atoms with E-state index in [-0.39, 0.29) is 5.91 Å². The number of benzene rings is 2. The van der Waals surface area contributed by atoms with Crippen LogP contribution in [-0.2, 0) is 11.2 Å². The number of amides is 1. The average Bonchev–Trinajstić information content (AvgIpc) is 3.06. The van der Waals surface area contributed by atoms with Crippen LogP contribution < -0.4 is 19.5 Å². The highest BCUT2D eigenvalue weighted by atomic mass is 16.5. The number of aryl methyl sites for hydroxylation is 1. The summed E-state index contributed by atoms with van der Waals surface area (Å²) in [6.07, 6.45) is 2.61. The number of methoxy groups -OCH3 is 3. The Labute approximate surface area is 158 Å². The number of hydrogen-bond donors (Lipinski definition) is 1. The van der Waals surface area contributed by atoms with Crippen molar-refractivity contribution in [2.45, 2.75) is 13.3 Å². The first kappa shape index (κ1) is 18.5. The molecule has 0 unspecified atom stereocenters. The Bertz CT molecular complexity index is 910. The van der Waals surface area contributed by atoms with E-state index >= 15 is 0 Å². The highest BCUT2D eigenvalue weighted by Crippen LogP contribution is 2.31. The van der Waals surface area contributed by atoms with E-state index in [9.17, 15) is 4.79 Å². The van der Waals surface area contributed by atoms with Crippen LogP contribution in [0, 0.1) is 0 Å². The molecule has 6 heteroatoms. The Morgan fingerprint density at radius 1 is 1.00 bits per heavy atom. The number of aliphatic imine (C=N–C) groups is 1. The standard InChI is InChI=1S/C21H22N2O4/c1-5-13-9-10-16(25-2)14(11-13)12-15-21(24)23-20(22-15)19-17(26-3)7-6-8-18(19)27-4/h6-12H,5H2,1-4H3,(H,22,23,24)/b15-12+. The molecule has 27 heavy (non-hydrogen) atoms. The van der Waals surface area contributed by atoms with E-state index in [1.165, 1.54) is 0 Å². The van der Waals surface area contributed by atoms with Crippen LogP contribution in [-0.4, -0.2) is 33.1 Å². The highest BCUT2D eigenvalue weighted by Gasteiger charge is 2.26. The smallest absolute Gasteiger partial charge is 0.275 e. The Morgan fingerprint density at radius 3 is 2.26 bits per heavy atom. The minimum atomic E-state index is -0.290. The largest absolute Gasteiger partial charge is 0.496 e. The van der Waals surface area contributed by atoms with E-state index < -0.39 is 0 Å². The van der Waals surface area contributed by atoms with Gasteiger partial charge in [0, 0.05) is 5.56 Å². The topological polar surface area (TPSA) is 69.2 Å². The van der Waals surface area contributed by atoms with Gasteiger partial charge >= 0.3 is 0 Å². The van der Waals surface area contributed by atoms with Gasteiger partial charge in [-0.15, -0.1) is 0 Å². The third kappa shape index (κ3) is 3.65. The van der Waals surface area contributed by atoms with Crippen LogP contribution in [0.1, 0.15) is 23.6 Å². The predicted octanol–water partition coefficient (Wildman–Crippen LogP) is 3.19. The van der Waals surface area contributed by atoms with Gasteiger partial charge in [-0.2, -0.15) is 0 Å². The summed E-state index contributed by atoms with van der Waals surface area (Å²) in [6, 6.07) is 11.3. The van der Waals surface area contributed by atoms with Gasteiger partial charge in [0.15, 0.2) is 0 Å². The molecule has 1 heterocycles. The van der Waals surface area contributed by atoms with E-state index in [0.717, 1.165) is 17.5 Å². The molecule has 1 N–H and O–H groups in total. The van der Waals surface area contributed by atoms with Crippen LogP contribution in [0.5, 0.6) is 17.2 Å². The van der Waals surface area contributed by atoms with Crippen LogP contribution in [0.4, 0.5) is 0 Å². The number of ether oxygens (including phenoxy) is 3. The molecule has 140 valence electrons. The lowest BCUT2D eigenvalue weighted by Gasteiger charge is -2.12. The van der Waals surface area contributed by atoms with Crippen LogP contribution in [0.15, 0.2) is 47.1 Å². The molecule has 1 amide bonds. The molecular weight excluding hydrogens is 344 g/mol. The van der Waals surface area contributed by atoms with Crippen molar-refractivity contribution in [3.8, 4) is 17.2 Å². The number of nitrogens with one attached hydrogen (secondary N) is 1. The first-order valence-electron chi connectivity index (χ1n) is 8.61. The zero-order chi connectivity index (χ0) is 19.4. The summed E-state index contributed by atoms with van der Waals surface area (Å²) in [5.74, 6) is 1.93. The maximum atomic E-state index is 12.5. The van der Waals surface area contributed by atoms with E-state index in [4.69, 9.17) is 14.2 Å². The molecule has 0 radical (unpaired) electrons. The Kier molecular flexibility index (Phi) is 5.45. The fourth-order valence-corrected chi connectivity index (χ4v) is 2.94. The molecule has 0 aromatic heterocycles. The maximum Gasteiger partial charge on any atom is 0.275 e. The summed E-state index contributed by atoms with van der Waals surface area (Å²) in [4.78, 5) is 17.0. The summed E-state index contributed by atoms with van der Waals surface area (Å²) < 4.78 is 16.2. The van der Waals surface area contributed by atoms with Gasteiger partial charge in [0.25, 0.3) is 5.91 Å². The fraction of sp³-hybridized carbons (Fsp3) is 0.238. The second-order valence-electron chi connectivity index (χ2n) is 5.91. The maximum absolute atomic E-state index is 12.5. The van der Waals surface area contributed by atoms with Crippen LogP contribution >= 0.6 is 0 Å². The minimum Gasteiger partial charge on any atom is -0.496 e. The van der Waals surface area contributed by atoms with Crippen molar-refractivity contribution in [3.63, 3.8) is 0 Å². The van der Waals surface area contributed by atoms with E-state index in [2.05, 4.69) is 17.2 Å². The Hall–Kier alpha value is -3.28. The van der Waals surface area contributed by atoms with Gasteiger partial charge in [-0.1, -0.05) is 19.1 Å². The molecule has 0 bridgehead atoms. The van der Waals surface area contributed by atoms with Crippen molar-refractivity contribution in [1.29, 1.82) is 0 Å². The van der Waals surface area contributed by atoms with Gasteiger partial charge in [0.2, 0.25) is 0 Å². The summed E-state index contributed by atoms with van der Waals surface area (Å²) in [6.45, 7) is 2.07. The lowest BCUT2D eigenvalue weighted by atomic mass is 10.1. The molecule has 0 saturated carbocycles. The number of carbonyl (C=O) groups is 1. The second kappa shape index (κ2) is 7.95. The van der Waals surface area contributed by atoms with E-state index in [0.29, 0.717) is 34.3 Å². The second-order valence-corrected chi connectivity index (χ2v) is 5.91. The Balaban J connectivity index is 2.07. The number of hydrogen-bond acceptors (Lipinski definition) is 5. The molecule has 6 nitrogen and oxygen atoms in total. The van der Waals surface area contributed by atoms with Gasteiger partial charge in [-0.05, 0) is 42.3 Å². The van der Waals surface area contributed by atoms with Crippen molar-refractivity contribution in [3.05, 3.63) is 58.8 Å². The zero-order valence-electron chi connectivity index (χ0n) is 15.8. The van der Waals surface area contributed by atoms with Gasteiger partial charge in [-0.3, -0.25) is 4.79 Å². The molecule has 3 rings (SSSR count). The van der Waals surface area contributed by atoms with Gasteiger partial charge in [0.1, 0.15) is 34.3 Å². The van der Waals surface area contributed by atoms with Crippen LogP contribution in [0.25, 0.3) is 6.08 Å². The highest BCUT2D eigenvalue weighted by molar-refractivity contribution is 6.21. The van der Waals surface area contributed by atoms with Gasteiger partial charge in [0.05, 0.1) is 21.3 Å². The molecular formula is C21H22N2O4. The van der Waals surface area contributed by atoms with Crippen molar-refractivity contribution >= 4 is 17.8 Å². The molecule has 0 atom stereocenters. The summed E-state index contributed by atoms with van der Waals surface area (Å²) in [5.41, 5.74) is 2.86. The lowest BCUT2D eigenvalue weighted by molar-refractivity contribution is -0.115. The molecule has 2 aromatic carbocycles. The summed E-state index contributed by atoms with van der Waals surface area (Å²) >= 11 is 0. The SMILES string of the molecule is CCc1ccc(OC)c(/C=C2/N=C(c3c(OC)cccc3OC)NC2=O)c1. The van der Waals surface area contributed by atoms with Gasteiger partial charge < -0.3 is 19.5 Å². The number of nitrogens with zero attached hydrogens (tertiary/aromatic N) is 1. The number of rotatable bonds is 6.